The van der Waals surface area contributed by atoms with Crippen LogP contribution in [0.25, 0.3) is 21.5 Å². The van der Waals surface area contributed by atoms with Gasteiger partial charge in [0.2, 0.25) is 0 Å². The Hall–Kier alpha value is -2.35. The van der Waals surface area contributed by atoms with Crippen LogP contribution in [0, 0.1) is 0 Å². The Morgan fingerprint density at radius 2 is 1.58 bits per heavy atom. The van der Waals surface area contributed by atoms with Crippen LogP contribution in [0.1, 0.15) is 5.56 Å². The van der Waals surface area contributed by atoms with Crippen LogP contribution in [0.3, 0.4) is 0 Å². The lowest BCUT2D eigenvalue weighted by Crippen LogP contribution is -2.19. The molecule has 0 fully saturated rings. The van der Waals surface area contributed by atoms with Gasteiger partial charge in [0.15, 0.2) is 0 Å². The molecule has 1 aliphatic rings. The van der Waals surface area contributed by atoms with Crippen LogP contribution in [0.15, 0.2) is 59.6 Å². The van der Waals surface area contributed by atoms with Gasteiger partial charge in [0.1, 0.15) is 5.84 Å². The lowest BCUT2D eigenvalue weighted by Gasteiger charge is -2.10. The molecule has 0 saturated heterocycles. The van der Waals surface area contributed by atoms with Gasteiger partial charge in [0, 0.05) is 12.1 Å². The van der Waals surface area contributed by atoms with Gasteiger partial charge in [-0.15, -0.1) is 0 Å². The van der Waals surface area contributed by atoms with Gasteiger partial charge in [-0.3, -0.25) is 4.99 Å². The molecule has 0 saturated carbocycles. The molecule has 3 aromatic carbocycles. The summed E-state index contributed by atoms with van der Waals surface area (Å²) in [5, 5.41) is 8.53. The first-order valence-corrected chi connectivity index (χ1v) is 6.63. The molecule has 0 unspecified atom stereocenters. The van der Waals surface area contributed by atoms with Crippen LogP contribution in [0.2, 0.25) is 0 Å². The van der Waals surface area contributed by atoms with Gasteiger partial charge in [-0.1, -0.05) is 48.5 Å². The Kier molecular flexibility index (Phi) is 2.27. The third-order valence-corrected chi connectivity index (χ3v) is 3.70. The van der Waals surface area contributed by atoms with Crippen LogP contribution in [-0.2, 0) is 0 Å². The smallest absolute Gasteiger partial charge is 0.129 e. The summed E-state index contributed by atoms with van der Waals surface area (Å²) < 4.78 is 0. The van der Waals surface area contributed by atoms with E-state index < -0.39 is 0 Å². The van der Waals surface area contributed by atoms with Crippen molar-refractivity contribution in [3.05, 3.63) is 60.2 Å². The number of aliphatic imine (C=N–C) groups is 1. The highest BCUT2D eigenvalue weighted by Crippen LogP contribution is 2.29. The molecule has 92 valence electrons. The molecule has 1 aliphatic heterocycles. The molecule has 1 heterocycles. The molecule has 0 aromatic heterocycles. The van der Waals surface area contributed by atoms with Crippen LogP contribution < -0.4 is 5.32 Å². The number of hydrogen-bond acceptors (Lipinski definition) is 2. The first-order valence-electron chi connectivity index (χ1n) is 6.63. The van der Waals surface area contributed by atoms with Crippen molar-refractivity contribution in [2.24, 2.45) is 4.99 Å². The van der Waals surface area contributed by atoms with Gasteiger partial charge in [-0.25, -0.2) is 0 Å². The van der Waals surface area contributed by atoms with Gasteiger partial charge in [-0.2, -0.15) is 0 Å². The van der Waals surface area contributed by atoms with Crippen molar-refractivity contribution in [1.29, 1.82) is 0 Å². The van der Waals surface area contributed by atoms with E-state index in [0.717, 1.165) is 18.9 Å². The quantitative estimate of drug-likeness (QED) is 0.654. The standard InChI is InChI=1S/C17H14N2/c1-2-6-13-12(5-1)11-16(17-18-9-10-19-17)15-8-4-3-7-14(13)15/h1-8,11H,9-10H2,(H,18,19). The zero-order chi connectivity index (χ0) is 12.7. The molecule has 0 atom stereocenters. The molecule has 3 aromatic rings. The molecular weight excluding hydrogens is 232 g/mol. The van der Waals surface area contributed by atoms with E-state index in [0.29, 0.717) is 0 Å². The molecule has 2 nitrogen and oxygen atoms in total. The zero-order valence-electron chi connectivity index (χ0n) is 10.6. The summed E-state index contributed by atoms with van der Waals surface area (Å²) in [7, 11) is 0. The lowest BCUT2D eigenvalue weighted by molar-refractivity contribution is 0.960. The maximum atomic E-state index is 4.57. The molecule has 0 aliphatic carbocycles. The number of hydrogen-bond donors (Lipinski definition) is 1. The summed E-state index contributed by atoms with van der Waals surface area (Å²) in [6, 6.07) is 19.3. The van der Waals surface area contributed by atoms with E-state index in [2.05, 4.69) is 64.9 Å². The van der Waals surface area contributed by atoms with E-state index in [1.807, 2.05) is 0 Å². The molecule has 2 heteroatoms. The normalized spacial score (nSPS) is 14.6. The van der Waals surface area contributed by atoms with Crippen molar-refractivity contribution in [3.63, 3.8) is 0 Å². The first kappa shape index (κ1) is 10.6. The van der Waals surface area contributed by atoms with Gasteiger partial charge < -0.3 is 5.32 Å². The van der Waals surface area contributed by atoms with Crippen molar-refractivity contribution in [2.45, 2.75) is 0 Å². The van der Waals surface area contributed by atoms with Gasteiger partial charge in [0.25, 0.3) is 0 Å². The second-order valence-corrected chi connectivity index (χ2v) is 4.85. The zero-order valence-corrected chi connectivity index (χ0v) is 10.6. The average molecular weight is 246 g/mol. The van der Waals surface area contributed by atoms with Gasteiger partial charge in [0.05, 0.1) is 6.54 Å². The largest absolute Gasteiger partial charge is 0.368 e. The highest BCUT2D eigenvalue weighted by atomic mass is 15.1. The summed E-state index contributed by atoms with van der Waals surface area (Å²) in [6.45, 7) is 1.81. The summed E-state index contributed by atoms with van der Waals surface area (Å²) >= 11 is 0. The van der Waals surface area contributed by atoms with E-state index in [1.54, 1.807) is 0 Å². The Balaban J connectivity index is 2.15. The molecule has 19 heavy (non-hydrogen) atoms. The van der Waals surface area contributed by atoms with Gasteiger partial charge in [-0.05, 0) is 27.6 Å². The van der Waals surface area contributed by atoms with Crippen molar-refractivity contribution in [1.82, 2.24) is 5.32 Å². The van der Waals surface area contributed by atoms with E-state index in [-0.39, 0.29) is 0 Å². The van der Waals surface area contributed by atoms with Crippen molar-refractivity contribution in [2.75, 3.05) is 13.1 Å². The second-order valence-electron chi connectivity index (χ2n) is 4.85. The SMILES string of the molecule is c1ccc2c(c1)cc(C1=NCCN1)c1ccccc12. The monoisotopic (exact) mass is 246 g/mol. The minimum atomic E-state index is 0.872. The number of nitrogens with zero attached hydrogens (tertiary/aromatic N) is 1. The van der Waals surface area contributed by atoms with E-state index in [1.165, 1.54) is 27.1 Å². The molecule has 0 spiro atoms. The number of fused-ring (bicyclic) bond motifs is 3. The number of nitrogens with one attached hydrogen (secondary N) is 1. The third-order valence-electron chi connectivity index (χ3n) is 3.70. The summed E-state index contributed by atoms with van der Waals surface area (Å²) in [5.74, 6) is 1.03. The summed E-state index contributed by atoms with van der Waals surface area (Å²) in [6.07, 6.45) is 0. The third kappa shape index (κ3) is 1.60. The summed E-state index contributed by atoms with van der Waals surface area (Å²) in [5.41, 5.74) is 1.21. The Labute approximate surface area is 111 Å². The second kappa shape index (κ2) is 4.09. The topological polar surface area (TPSA) is 24.4 Å². The van der Waals surface area contributed by atoms with Crippen LogP contribution in [-0.4, -0.2) is 18.9 Å². The van der Waals surface area contributed by atoms with Crippen molar-refractivity contribution >= 4 is 27.4 Å². The van der Waals surface area contributed by atoms with E-state index in [9.17, 15) is 0 Å². The van der Waals surface area contributed by atoms with Crippen LogP contribution >= 0.6 is 0 Å². The fraction of sp³-hybridized carbons (Fsp3) is 0.118. The fourth-order valence-corrected chi connectivity index (χ4v) is 2.83. The van der Waals surface area contributed by atoms with Crippen molar-refractivity contribution < 1.29 is 0 Å². The first-order chi connectivity index (χ1) is 9.43. The van der Waals surface area contributed by atoms with Crippen molar-refractivity contribution in [3.8, 4) is 0 Å². The number of rotatable bonds is 1. The van der Waals surface area contributed by atoms with E-state index >= 15 is 0 Å². The maximum Gasteiger partial charge on any atom is 0.129 e. The molecule has 0 bridgehead atoms. The van der Waals surface area contributed by atoms with Gasteiger partial charge >= 0.3 is 0 Å². The number of amidine groups is 1. The molecule has 0 radical (unpaired) electrons. The molecule has 4 rings (SSSR count). The summed E-state index contributed by atoms with van der Waals surface area (Å²) in [4.78, 5) is 4.57. The predicted octanol–water partition coefficient (Wildman–Crippen LogP) is 3.34. The molecule has 1 N–H and O–H groups in total. The lowest BCUT2D eigenvalue weighted by atomic mass is 9.97. The Morgan fingerprint density at radius 3 is 2.37 bits per heavy atom. The van der Waals surface area contributed by atoms with Crippen LogP contribution in [0.4, 0.5) is 0 Å². The van der Waals surface area contributed by atoms with E-state index in [4.69, 9.17) is 0 Å². The van der Waals surface area contributed by atoms with Crippen LogP contribution in [0.5, 0.6) is 0 Å². The maximum absolute atomic E-state index is 4.57. The number of benzene rings is 3. The minimum absolute atomic E-state index is 0.872. The highest BCUT2D eigenvalue weighted by molar-refractivity contribution is 6.18. The minimum Gasteiger partial charge on any atom is -0.368 e. The highest BCUT2D eigenvalue weighted by Gasteiger charge is 2.13. The fourth-order valence-electron chi connectivity index (χ4n) is 2.83. The molecule has 0 amide bonds. The predicted molar refractivity (Wildman–Crippen MR) is 80.9 cm³/mol. The Morgan fingerprint density at radius 1 is 0.842 bits per heavy atom. The molecular formula is C17H14N2. The Bertz CT molecular complexity index is 803. The average Bonchev–Trinajstić information content (AvgIpc) is 3.00.